The maximum atomic E-state index is 6.31. The maximum absolute atomic E-state index is 6.31. The average Bonchev–Trinajstić information content (AvgIpc) is 2.81. The molecule has 5 heteroatoms. The lowest BCUT2D eigenvalue weighted by atomic mass is 10.2. The van der Waals surface area contributed by atoms with Gasteiger partial charge in [-0.3, -0.25) is 0 Å². The number of hydrogen-bond acceptors (Lipinski definition) is 4. The van der Waals surface area contributed by atoms with Gasteiger partial charge in [0.1, 0.15) is 0 Å². The third-order valence-electron chi connectivity index (χ3n) is 2.51. The number of rotatable bonds is 3. The Labute approximate surface area is 104 Å². The van der Waals surface area contributed by atoms with Gasteiger partial charge in [-0.1, -0.05) is 17.7 Å². The van der Waals surface area contributed by atoms with Crippen LogP contribution in [0.2, 0.25) is 5.02 Å². The summed E-state index contributed by atoms with van der Waals surface area (Å²) in [5.74, 6) is 2.38. The van der Waals surface area contributed by atoms with E-state index in [1.54, 1.807) is 14.2 Å². The maximum Gasteiger partial charge on any atom is 0.179 e. The summed E-state index contributed by atoms with van der Waals surface area (Å²) < 4.78 is 10.5. The van der Waals surface area contributed by atoms with Crippen molar-refractivity contribution in [3.8, 4) is 11.5 Å². The van der Waals surface area contributed by atoms with Crippen LogP contribution in [0.5, 0.6) is 11.5 Å². The fraction of sp³-hybridized carbons (Fsp3) is 0.455. The number of thioether (sulfide) groups is 1. The predicted octanol–water partition coefficient (Wildman–Crippen LogP) is 2.69. The van der Waals surface area contributed by atoms with Crippen molar-refractivity contribution in [2.75, 3.05) is 26.5 Å². The average molecular weight is 260 g/mol. The lowest BCUT2D eigenvalue weighted by molar-refractivity contribution is 0.354. The van der Waals surface area contributed by atoms with Gasteiger partial charge in [-0.15, -0.1) is 11.8 Å². The molecule has 1 atom stereocenters. The first-order valence-electron chi connectivity index (χ1n) is 5.03. The monoisotopic (exact) mass is 259 g/mol. The highest BCUT2D eigenvalue weighted by Crippen LogP contribution is 2.43. The second-order valence-electron chi connectivity index (χ2n) is 3.41. The van der Waals surface area contributed by atoms with E-state index in [0.29, 0.717) is 16.5 Å². The van der Waals surface area contributed by atoms with Crippen LogP contribution in [-0.2, 0) is 0 Å². The third kappa shape index (κ3) is 2.10. The molecule has 0 radical (unpaired) electrons. The SMILES string of the molecule is COc1ccc(C2NCCS2)c(Cl)c1OC. The third-order valence-corrected chi connectivity index (χ3v) is 4.10. The molecular formula is C11H14ClNO2S. The van der Waals surface area contributed by atoms with Crippen LogP contribution in [0, 0.1) is 0 Å². The number of halogens is 1. The van der Waals surface area contributed by atoms with Crippen LogP contribution in [0.1, 0.15) is 10.9 Å². The fourth-order valence-electron chi connectivity index (χ4n) is 1.73. The van der Waals surface area contributed by atoms with E-state index in [4.69, 9.17) is 21.1 Å². The largest absolute Gasteiger partial charge is 0.493 e. The van der Waals surface area contributed by atoms with Crippen LogP contribution in [0.25, 0.3) is 0 Å². The minimum Gasteiger partial charge on any atom is -0.493 e. The molecule has 3 nitrogen and oxygen atoms in total. The number of nitrogens with one attached hydrogen (secondary N) is 1. The van der Waals surface area contributed by atoms with Crippen LogP contribution in [0.15, 0.2) is 12.1 Å². The van der Waals surface area contributed by atoms with Crippen molar-refractivity contribution in [2.24, 2.45) is 0 Å². The summed E-state index contributed by atoms with van der Waals surface area (Å²) in [7, 11) is 3.21. The highest BCUT2D eigenvalue weighted by molar-refractivity contribution is 7.99. The molecule has 1 aliphatic rings. The van der Waals surface area contributed by atoms with Crippen molar-refractivity contribution in [2.45, 2.75) is 5.37 Å². The minimum absolute atomic E-state index is 0.257. The van der Waals surface area contributed by atoms with E-state index in [0.717, 1.165) is 17.9 Å². The molecular weight excluding hydrogens is 246 g/mol. The molecule has 1 aromatic rings. The molecule has 1 fully saturated rings. The van der Waals surface area contributed by atoms with Gasteiger partial charge >= 0.3 is 0 Å². The second-order valence-corrected chi connectivity index (χ2v) is 5.00. The number of hydrogen-bond donors (Lipinski definition) is 1. The molecule has 88 valence electrons. The topological polar surface area (TPSA) is 30.5 Å². The van der Waals surface area contributed by atoms with Gasteiger partial charge in [0.15, 0.2) is 11.5 Å². The Balaban J connectivity index is 2.39. The van der Waals surface area contributed by atoms with Crippen LogP contribution in [-0.4, -0.2) is 26.5 Å². The lowest BCUT2D eigenvalue weighted by Crippen LogP contribution is -2.12. The first kappa shape index (κ1) is 11.9. The quantitative estimate of drug-likeness (QED) is 0.904. The van der Waals surface area contributed by atoms with E-state index >= 15 is 0 Å². The zero-order valence-corrected chi connectivity index (χ0v) is 10.8. The molecule has 0 bridgehead atoms. The molecule has 1 aliphatic heterocycles. The van der Waals surface area contributed by atoms with Crippen molar-refractivity contribution in [1.82, 2.24) is 5.32 Å². The molecule has 1 N–H and O–H groups in total. The molecule has 1 saturated heterocycles. The highest BCUT2D eigenvalue weighted by atomic mass is 35.5. The number of benzene rings is 1. The summed E-state index contributed by atoms with van der Waals surface area (Å²) >= 11 is 8.16. The van der Waals surface area contributed by atoms with Crippen molar-refractivity contribution in [3.63, 3.8) is 0 Å². The molecule has 2 rings (SSSR count). The first-order valence-corrected chi connectivity index (χ1v) is 6.46. The summed E-state index contributed by atoms with van der Waals surface area (Å²) in [6, 6.07) is 3.88. The summed E-state index contributed by atoms with van der Waals surface area (Å²) in [5, 5.41) is 4.27. The highest BCUT2D eigenvalue weighted by Gasteiger charge is 2.22. The summed E-state index contributed by atoms with van der Waals surface area (Å²) in [4.78, 5) is 0. The molecule has 1 heterocycles. The fourth-order valence-corrected chi connectivity index (χ4v) is 3.22. The van der Waals surface area contributed by atoms with E-state index in [2.05, 4.69) is 5.32 Å². The predicted molar refractivity (Wildman–Crippen MR) is 67.8 cm³/mol. The van der Waals surface area contributed by atoms with Crippen molar-refractivity contribution >= 4 is 23.4 Å². The van der Waals surface area contributed by atoms with Gasteiger partial charge in [0.25, 0.3) is 0 Å². The smallest absolute Gasteiger partial charge is 0.179 e. The van der Waals surface area contributed by atoms with E-state index in [9.17, 15) is 0 Å². The minimum atomic E-state index is 0.257. The zero-order chi connectivity index (χ0) is 11.5. The standard InChI is InChI=1S/C11H14ClNO2S/c1-14-8-4-3-7(9(12)10(8)15-2)11-13-5-6-16-11/h3-4,11,13H,5-6H2,1-2H3. The van der Waals surface area contributed by atoms with Crippen molar-refractivity contribution in [3.05, 3.63) is 22.7 Å². The van der Waals surface area contributed by atoms with Crippen LogP contribution >= 0.6 is 23.4 Å². The van der Waals surface area contributed by atoms with E-state index in [1.807, 2.05) is 23.9 Å². The molecule has 0 aromatic heterocycles. The van der Waals surface area contributed by atoms with Gasteiger partial charge in [0.2, 0.25) is 0 Å². The molecule has 0 spiro atoms. The molecule has 1 unspecified atom stereocenters. The van der Waals surface area contributed by atoms with Crippen LogP contribution < -0.4 is 14.8 Å². The summed E-state index contributed by atoms with van der Waals surface area (Å²) in [5.41, 5.74) is 1.06. The lowest BCUT2D eigenvalue weighted by Gasteiger charge is -2.16. The van der Waals surface area contributed by atoms with Crippen molar-refractivity contribution in [1.29, 1.82) is 0 Å². The van der Waals surface area contributed by atoms with Gasteiger partial charge in [-0.05, 0) is 6.07 Å². The van der Waals surface area contributed by atoms with E-state index in [-0.39, 0.29) is 5.37 Å². The number of ether oxygens (including phenoxy) is 2. The van der Waals surface area contributed by atoms with E-state index in [1.165, 1.54) is 0 Å². The molecule has 0 amide bonds. The van der Waals surface area contributed by atoms with E-state index < -0.39 is 0 Å². The van der Waals surface area contributed by atoms with Gasteiger partial charge in [0, 0.05) is 17.9 Å². The first-order chi connectivity index (χ1) is 7.77. The second kappa shape index (κ2) is 5.17. The normalized spacial score (nSPS) is 19.8. The summed E-state index contributed by atoms with van der Waals surface area (Å²) in [6.45, 7) is 1.01. The zero-order valence-electron chi connectivity index (χ0n) is 9.25. The molecule has 16 heavy (non-hydrogen) atoms. The van der Waals surface area contributed by atoms with Crippen molar-refractivity contribution < 1.29 is 9.47 Å². The Bertz CT molecular complexity index is 380. The Hall–Kier alpha value is -0.580. The van der Waals surface area contributed by atoms with Gasteiger partial charge < -0.3 is 14.8 Å². The summed E-state index contributed by atoms with van der Waals surface area (Å²) in [6.07, 6.45) is 0. The van der Waals surface area contributed by atoms with Gasteiger partial charge in [-0.2, -0.15) is 0 Å². The molecule has 0 aliphatic carbocycles. The Morgan fingerprint density at radius 1 is 1.38 bits per heavy atom. The number of methoxy groups -OCH3 is 2. The van der Waals surface area contributed by atoms with Gasteiger partial charge in [0.05, 0.1) is 24.6 Å². The Kier molecular flexibility index (Phi) is 3.84. The van der Waals surface area contributed by atoms with Crippen LogP contribution in [0.3, 0.4) is 0 Å². The van der Waals surface area contributed by atoms with Crippen LogP contribution in [0.4, 0.5) is 0 Å². The van der Waals surface area contributed by atoms with Gasteiger partial charge in [-0.25, -0.2) is 0 Å². The Morgan fingerprint density at radius 3 is 2.75 bits per heavy atom. The Morgan fingerprint density at radius 2 is 2.19 bits per heavy atom. The molecule has 1 aromatic carbocycles. The molecule has 0 saturated carbocycles.